The molecule has 3 rings (SSSR count). The lowest BCUT2D eigenvalue weighted by Gasteiger charge is -2.14. The molecule has 2 aromatic carbocycles. The van der Waals surface area contributed by atoms with Gasteiger partial charge in [-0.15, -0.1) is 0 Å². The lowest BCUT2D eigenvalue weighted by atomic mass is 10.0. The third kappa shape index (κ3) is 3.41. The number of methoxy groups -OCH3 is 2. The summed E-state index contributed by atoms with van der Waals surface area (Å²) >= 11 is 0. The first-order chi connectivity index (χ1) is 14.3. The van der Waals surface area contributed by atoms with Crippen LogP contribution in [0.3, 0.4) is 0 Å². The van der Waals surface area contributed by atoms with Crippen LogP contribution >= 0.6 is 0 Å². The molecule has 156 valence electrons. The van der Waals surface area contributed by atoms with Gasteiger partial charge < -0.3 is 19.9 Å². The van der Waals surface area contributed by atoms with E-state index in [-0.39, 0.29) is 28.3 Å². The second kappa shape index (κ2) is 8.16. The van der Waals surface area contributed by atoms with E-state index in [0.29, 0.717) is 11.4 Å². The molecule has 0 atom stereocenters. The number of amides is 1. The van der Waals surface area contributed by atoms with Crippen LogP contribution in [0.4, 0.5) is 5.69 Å². The fourth-order valence-electron chi connectivity index (χ4n) is 3.22. The highest BCUT2D eigenvalue weighted by molar-refractivity contribution is 6.12. The summed E-state index contributed by atoms with van der Waals surface area (Å²) in [6.07, 6.45) is 0. The lowest BCUT2D eigenvalue weighted by molar-refractivity contribution is 0.0688. The summed E-state index contributed by atoms with van der Waals surface area (Å²) in [6.45, 7) is 1.68. The third-order valence-electron chi connectivity index (χ3n) is 4.80. The first-order valence-electron chi connectivity index (χ1n) is 8.95. The molecule has 0 fully saturated rings. The van der Waals surface area contributed by atoms with Gasteiger partial charge >= 0.3 is 5.97 Å². The van der Waals surface area contributed by atoms with E-state index in [4.69, 9.17) is 9.47 Å². The highest BCUT2D eigenvalue weighted by Crippen LogP contribution is 2.34. The number of carboxylic acid groups (broad SMARTS) is 1. The van der Waals surface area contributed by atoms with Crippen LogP contribution in [-0.4, -0.2) is 40.6 Å². The van der Waals surface area contributed by atoms with Crippen molar-refractivity contribution < 1.29 is 24.2 Å². The molecule has 0 saturated carbocycles. The molecular formula is C21H21N3O6. The highest BCUT2D eigenvalue weighted by Gasteiger charge is 2.26. The van der Waals surface area contributed by atoms with Crippen LogP contribution in [0.25, 0.3) is 5.69 Å². The number of aromatic nitrogens is 2. The Morgan fingerprint density at radius 3 is 2.27 bits per heavy atom. The van der Waals surface area contributed by atoms with E-state index in [2.05, 4.69) is 5.32 Å². The third-order valence-corrected chi connectivity index (χ3v) is 4.80. The second-order valence-electron chi connectivity index (χ2n) is 6.42. The molecule has 0 aliphatic carbocycles. The van der Waals surface area contributed by atoms with Gasteiger partial charge in [0.2, 0.25) is 0 Å². The summed E-state index contributed by atoms with van der Waals surface area (Å²) in [5.74, 6) is -2.01. The molecule has 0 aliphatic heterocycles. The Kier molecular flexibility index (Phi) is 5.63. The number of carboxylic acids is 1. The minimum Gasteiger partial charge on any atom is -0.493 e. The number of carbonyl (C=O) groups is 2. The van der Waals surface area contributed by atoms with E-state index in [1.54, 1.807) is 42.9 Å². The Bertz CT molecular complexity index is 1180. The van der Waals surface area contributed by atoms with Crippen molar-refractivity contribution in [3.05, 3.63) is 69.6 Å². The van der Waals surface area contributed by atoms with Crippen LogP contribution in [0.5, 0.6) is 11.5 Å². The zero-order valence-electron chi connectivity index (χ0n) is 16.9. The number of benzene rings is 2. The molecule has 9 nitrogen and oxygen atoms in total. The molecule has 1 heterocycles. The van der Waals surface area contributed by atoms with Crippen molar-refractivity contribution in [2.75, 3.05) is 19.5 Å². The highest BCUT2D eigenvalue weighted by atomic mass is 16.5. The molecule has 0 aliphatic rings. The SMILES string of the molecule is COc1ccc(C(=O)Nc2c(C)n(C)n(-c3ccccc3)c2=O)c(C(=O)O)c1OC. The Hall–Kier alpha value is -4.01. The zero-order valence-corrected chi connectivity index (χ0v) is 16.9. The Labute approximate surface area is 172 Å². The van der Waals surface area contributed by atoms with Crippen molar-refractivity contribution in [1.82, 2.24) is 9.36 Å². The van der Waals surface area contributed by atoms with Crippen molar-refractivity contribution in [3.8, 4) is 17.2 Å². The summed E-state index contributed by atoms with van der Waals surface area (Å²) in [7, 11) is 4.34. The van der Waals surface area contributed by atoms with Gasteiger partial charge in [0.1, 0.15) is 11.3 Å². The number of hydrogen-bond donors (Lipinski definition) is 2. The molecule has 2 N–H and O–H groups in total. The predicted octanol–water partition coefficient (Wildman–Crippen LogP) is 2.45. The summed E-state index contributed by atoms with van der Waals surface area (Å²) in [5, 5.41) is 12.2. The van der Waals surface area contributed by atoms with Crippen LogP contribution in [0.15, 0.2) is 47.3 Å². The van der Waals surface area contributed by atoms with E-state index < -0.39 is 17.4 Å². The summed E-state index contributed by atoms with van der Waals surface area (Å²) in [6, 6.07) is 11.7. The lowest BCUT2D eigenvalue weighted by Crippen LogP contribution is -2.24. The number of nitrogens with one attached hydrogen (secondary N) is 1. The minimum absolute atomic E-state index is 0.0532. The largest absolute Gasteiger partial charge is 0.493 e. The fourth-order valence-corrected chi connectivity index (χ4v) is 3.22. The van der Waals surface area contributed by atoms with E-state index in [9.17, 15) is 19.5 Å². The van der Waals surface area contributed by atoms with Crippen molar-refractivity contribution >= 4 is 17.6 Å². The van der Waals surface area contributed by atoms with Gasteiger partial charge in [0.05, 0.1) is 31.2 Å². The number of ether oxygens (including phenoxy) is 2. The molecule has 30 heavy (non-hydrogen) atoms. The molecule has 0 spiro atoms. The fraction of sp³-hybridized carbons (Fsp3) is 0.190. The Morgan fingerprint density at radius 2 is 1.70 bits per heavy atom. The molecule has 9 heteroatoms. The van der Waals surface area contributed by atoms with Crippen LogP contribution in [0.2, 0.25) is 0 Å². The standard InChI is InChI=1S/C21H21N3O6/c1-12-17(20(26)24(23(12)2)13-8-6-5-7-9-13)22-19(25)14-10-11-15(29-3)18(30-4)16(14)21(27)28/h5-11H,1-4H3,(H,22,25)(H,27,28). The average molecular weight is 411 g/mol. The van der Waals surface area contributed by atoms with Gasteiger partial charge in [-0.1, -0.05) is 18.2 Å². The number of rotatable bonds is 6. The van der Waals surface area contributed by atoms with Crippen molar-refractivity contribution in [2.45, 2.75) is 6.92 Å². The monoisotopic (exact) mass is 411 g/mol. The van der Waals surface area contributed by atoms with E-state index in [1.807, 2.05) is 6.07 Å². The van der Waals surface area contributed by atoms with E-state index in [0.717, 1.165) is 0 Å². The molecule has 0 radical (unpaired) electrons. The molecule has 3 aromatic rings. The van der Waals surface area contributed by atoms with Crippen LogP contribution in [-0.2, 0) is 7.05 Å². The summed E-state index contributed by atoms with van der Waals surface area (Å²) < 4.78 is 13.3. The van der Waals surface area contributed by atoms with Gasteiger partial charge in [-0.25, -0.2) is 9.48 Å². The number of carbonyl (C=O) groups excluding carboxylic acids is 1. The van der Waals surface area contributed by atoms with Gasteiger partial charge in [-0.2, -0.15) is 0 Å². The van der Waals surface area contributed by atoms with Crippen LogP contribution in [0, 0.1) is 6.92 Å². The van der Waals surface area contributed by atoms with Gasteiger partial charge in [0.25, 0.3) is 11.5 Å². The van der Waals surface area contributed by atoms with Crippen LogP contribution in [0.1, 0.15) is 26.4 Å². The first-order valence-corrected chi connectivity index (χ1v) is 8.95. The van der Waals surface area contributed by atoms with Gasteiger partial charge in [-0.3, -0.25) is 14.3 Å². The Balaban J connectivity index is 2.08. The maximum Gasteiger partial charge on any atom is 0.340 e. The smallest absolute Gasteiger partial charge is 0.340 e. The molecule has 1 aromatic heterocycles. The van der Waals surface area contributed by atoms with Crippen molar-refractivity contribution in [3.63, 3.8) is 0 Å². The normalized spacial score (nSPS) is 10.5. The molecule has 0 unspecified atom stereocenters. The maximum absolute atomic E-state index is 13.0. The van der Waals surface area contributed by atoms with E-state index >= 15 is 0 Å². The number of anilines is 1. The predicted molar refractivity (Wildman–Crippen MR) is 110 cm³/mol. The quantitative estimate of drug-likeness (QED) is 0.644. The molecule has 1 amide bonds. The first kappa shape index (κ1) is 20.7. The topological polar surface area (TPSA) is 112 Å². The second-order valence-corrected chi connectivity index (χ2v) is 6.42. The molecular weight excluding hydrogens is 390 g/mol. The van der Waals surface area contributed by atoms with Gasteiger partial charge in [0, 0.05) is 7.05 Å². The summed E-state index contributed by atoms with van der Waals surface area (Å²) in [5.41, 5.74) is 0.241. The van der Waals surface area contributed by atoms with E-state index in [1.165, 1.54) is 31.0 Å². The molecule has 0 saturated heterocycles. The maximum atomic E-state index is 13.0. The molecule has 0 bridgehead atoms. The van der Waals surface area contributed by atoms with Crippen molar-refractivity contribution in [2.24, 2.45) is 7.05 Å². The summed E-state index contributed by atoms with van der Waals surface area (Å²) in [4.78, 5) is 37.7. The van der Waals surface area contributed by atoms with Gasteiger partial charge in [0.15, 0.2) is 11.5 Å². The number of para-hydroxylation sites is 1. The minimum atomic E-state index is -1.36. The van der Waals surface area contributed by atoms with Crippen molar-refractivity contribution in [1.29, 1.82) is 0 Å². The zero-order chi connectivity index (χ0) is 22.0. The van der Waals surface area contributed by atoms with Crippen LogP contribution < -0.4 is 20.3 Å². The number of hydrogen-bond acceptors (Lipinski definition) is 5. The van der Waals surface area contributed by atoms with Gasteiger partial charge in [-0.05, 0) is 31.2 Å². The number of nitrogens with zero attached hydrogens (tertiary/aromatic N) is 2. The average Bonchev–Trinajstić information content (AvgIpc) is 2.96. The number of aromatic carboxylic acids is 1. The Morgan fingerprint density at radius 1 is 1.03 bits per heavy atom.